The Bertz CT molecular complexity index is 1160. The number of rotatable bonds is 21. The van der Waals surface area contributed by atoms with E-state index in [1.807, 2.05) is 44.2 Å². The van der Waals surface area contributed by atoms with Crippen LogP contribution in [0.5, 0.6) is 28.7 Å². The number of carbonyl (C=O) groups is 1. The summed E-state index contributed by atoms with van der Waals surface area (Å²) in [5, 5.41) is 0. The molecule has 2 aromatic carbocycles. The molecule has 8 nitrogen and oxygen atoms in total. The number of unbranched alkanes of at least 4 members (excludes halogenated alkanes) is 4. The van der Waals surface area contributed by atoms with E-state index in [2.05, 4.69) is 27.7 Å². The van der Waals surface area contributed by atoms with E-state index in [4.69, 9.17) is 33.2 Å². The van der Waals surface area contributed by atoms with Crippen molar-refractivity contribution in [3.8, 4) is 28.7 Å². The Hall–Kier alpha value is -3.13. The van der Waals surface area contributed by atoms with Crippen molar-refractivity contribution in [1.82, 2.24) is 0 Å². The molecule has 1 unspecified atom stereocenters. The van der Waals surface area contributed by atoms with Gasteiger partial charge in [-0.3, -0.25) is 4.79 Å². The summed E-state index contributed by atoms with van der Waals surface area (Å²) in [5.41, 5.74) is 1.80. The molecule has 1 heterocycles. The Morgan fingerprint density at radius 3 is 1.93 bits per heavy atom. The predicted octanol–water partition coefficient (Wildman–Crippen LogP) is 9.01. The minimum absolute atomic E-state index is 0.261. The second kappa shape index (κ2) is 19.4. The monoisotopic (exact) mass is 628 g/mol. The van der Waals surface area contributed by atoms with Crippen molar-refractivity contribution in [2.75, 3.05) is 26.4 Å². The van der Waals surface area contributed by atoms with Crippen molar-refractivity contribution in [3.05, 3.63) is 41.5 Å². The van der Waals surface area contributed by atoms with E-state index in [1.54, 1.807) is 6.92 Å². The molecule has 0 bridgehead atoms. The molecule has 3 rings (SSSR count). The first-order chi connectivity index (χ1) is 21.8. The van der Waals surface area contributed by atoms with Crippen molar-refractivity contribution >= 4 is 5.97 Å². The molecule has 0 aliphatic carbocycles. The van der Waals surface area contributed by atoms with Gasteiger partial charge in [0.2, 0.25) is 6.29 Å². The van der Waals surface area contributed by atoms with E-state index in [-0.39, 0.29) is 11.9 Å². The highest BCUT2D eigenvalue weighted by atomic mass is 16.7. The Balaban J connectivity index is 2.02. The minimum atomic E-state index is -0.768. The number of esters is 1. The summed E-state index contributed by atoms with van der Waals surface area (Å²) >= 11 is 0. The molecule has 0 saturated heterocycles. The fourth-order valence-electron chi connectivity index (χ4n) is 4.86. The zero-order valence-electron chi connectivity index (χ0n) is 28.7. The van der Waals surface area contributed by atoms with Crippen LogP contribution in [0, 0.1) is 5.92 Å². The number of carbonyl (C=O) groups excluding carboxylic acids is 1. The number of benzene rings is 2. The number of fused-ring (bicyclic) bond motifs is 1. The topological polar surface area (TPSA) is 81.7 Å². The van der Waals surface area contributed by atoms with Crippen molar-refractivity contribution in [3.63, 3.8) is 0 Å². The molecular formula is C37H56O8. The van der Waals surface area contributed by atoms with E-state index in [9.17, 15) is 4.79 Å². The van der Waals surface area contributed by atoms with Gasteiger partial charge in [-0.05, 0) is 50.3 Å². The maximum Gasteiger partial charge on any atom is 0.310 e. The van der Waals surface area contributed by atoms with E-state index < -0.39 is 18.5 Å². The standard InChI is InChI=1S/C37H56O8/c1-8-12-18-39-29-23-32(41-20-14-10-3)30-25-35(43-27(7)44-37(38)26(5)6)36(45-33(30)24-29)28-16-17-31(40-19-13-9-2)34(22-28)42-21-15-11-4/h16-17,22-24,26-27,35-36H,8-15,18-21,25H2,1-7H3/t27?,35-,36-/m1/s1. The van der Waals surface area contributed by atoms with Gasteiger partial charge in [-0.15, -0.1) is 0 Å². The third kappa shape index (κ3) is 11.3. The molecule has 8 heteroatoms. The molecule has 0 aromatic heterocycles. The first-order valence-electron chi connectivity index (χ1n) is 17.2. The van der Waals surface area contributed by atoms with Crippen LogP contribution in [0.2, 0.25) is 0 Å². The third-order valence-corrected chi connectivity index (χ3v) is 7.59. The van der Waals surface area contributed by atoms with Crippen molar-refractivity contribution in [2.45, 2.75) is 125 Å². The van der Waals surface area contributed by atoms with Gasteiger partial charge in [0.15, 0.2) is 17.6 Å². The normalized spacial score (nSPS) is 16.4. The molecule has 252 valence electrons. The lowest BCUT2D eigenvalue weighted by Crippen LogP contribution is -2.37. The molecule has 1 aliphatic rings. The summed E-state index contributed by atoms with van der Waals surface area (Å²) < 4.78 is 43.6. The Kier molecular flexibility index (Phi) is 15.7. The van der Waals surface area contributed by atoms with Gasteiger partial charge in [-0.2, -0.15) is 0 Å². The number of ether oxygens (including phenoxy) is 7. The maximum atomic E-state index is 12.4. The third-order valence-electron chi connectivity index (χ3n) is 7.59. The number of hydrogen-bond acceptors (Lipinski definition) is 8. The fourth-order valence-corrected chi connectivity index (χ4v) is 4.86. The van der Waals surface area contributed by atoms with Gasteiger partial charge in [-0.1, -0.05) is 73.3 Å². The molecule has 0 saturated carbocycles. The molecule has 45 heavy (non-hydrogen) atoms. The fraction of sp³-hybridized carbons (Fsp3) is 0.649. The molecule has 0 fully saturated rings. The highest BCUT2D eigenvalue weighted by Gasteiger charge is 2.37. The molecule has 2 aromatic rings. The zero-order valence-corrected chi connectivity index (χ0v) is 28.7. The molecule has 0 amide bonds. The van der Waals surface area contributed by atoms with Crippen LogP contribution in [-0.4, -0.2) is 44.8 Å². The van der Waals surface area contributed by atoms with Crippen LogP contribution in [0.15, 0.2) is 30.3 Å². The predicted molar refractivity (Wildman–Crippen MR) is 177 cm³/mol. The summed E-state index contributed by atoms with van der Waals surface area (Å²) in [6, 6.07) is 9.85. The lowest BCUT2D eigenvalue weighted by molar-refractivity contribution is -0.198. The highest BCUT2D eigenvalue weighted by molar-refractivity contribution is 5.71. The van der Waals surface area contributed by atoms with Crippen molar-refractivity contribution in [1.29, 1.82) is 0 Å². The average Bonchev–Trinajstić information content (AvgIpc) is 3.02. The average molecular weight is 629 g/mol. The minimum Gasteiger partial charge on any atom is -0.493 e. The van der Waals surface area contributed by atoms with Crippen LogP contribution >= 0.6 is 0 Å². The first kappa shape index (κ1) is 36.3. The Morgan fingerprint density at radius 2 is 1.33 bits per heavy atom. The van der Waals surface area contributed by atoms with Crippen LogP contribution < -0.4 is 23.7 Å². The molecule has 0 spiro atoms. The molecule has 1 aliphatic heterocycles. The van der Waals surface area contributed by atoms with E-state index in [0.717, 1.165) is 74.0 Å². The quantitative estimate of drug-likeness (QED) is 0.0770. The SMILES string of the molecule is CCCCOc1cc(OCCCC)c2c(c1)O[C@H](c1ccc(OCCCC)c(OCCCC)c1)[C@H](OC(C)OC(=O)C(C)C)C2. The summed E-state index contributed by atoms with van der Waals surface area (Å²) in [6.45, 7) is 16.4. The van der Waals surface area contributed by atoms with Gasteiger partial charge in [0.05, 0.1) is 32.3 Å². The molecule has 0 radical (unpaired) electrons. The van der Waals surface area contributed by atoms with Crippen molar-refractivity contribution < 1.29 is 38.0 Å². The molecular weight excluding hydrogens is 572 g/mol. The van der Waals surface area contributed by atoms with Gasteiger partial charge in [0.25, 0.3) is 0 Å². The van der Waals surface area contributed by atoms with Gasteiger partial charge >= 0.3 is 5.97 Å². The summed E-state index contributed by atoms with van der Waals surface area (Å²) in [7, 11) is 0. The summed E-state index contributed by atoms with van der Waals surface area (Å²) in [4.78, 5) is 12.4. The molecule has 0 N–H and O–H groups in total. The molecule has 3 atom stereocenters. The van der Waals surface area contributed by atoms with Gasteiger partial charge < -0.3 is 33.2 Å². The summed E-state index contributed by atoms with van der Waals surface area (Å²) in [6.07, 6.45) is 6.71. The second-order valence-corrected chi connectivity index (χ2v) is 12.0. The van der Waals surface area contributed by atoms with Gasteiger partial charge in [-0.25, -0.2) is 0 Å². The lowest BCUT2D eigenvalue weighted by Gasteiger charge is -2.36. The van der Waals surface area contributed by atoms with Crippen LogP contribution in [-0.2, 0) is 20.7 Å². The Morgan fingerprint density at radius 1 is 0.756 bits per heavy atom. The lowest BCUT2D eigenvalue weighted by atomic mass is 9.93. The van der Waals surface area contributed by atoms with Crippen molar-refractivity contribution in [2.24, 2.45) is 5.92 Å². The van der Waals surface area contributed by atoms with Crippen LogP contribution in [0.1, 0.15) is 117 Å². The van der Waals surface area contributed by atoms with E-state index in [0.29, 0.717) is 50.1 Å². The largest absolute Gasteiger partial charge is 0.493 e. The zero-order chi connectivity index (χ0) is 32.6. The van der Waals surface area contributed by atoms with E-state index in [1.165, 1.54) is 0 Å². The van der Waals surface area contributed by atoms with Gasteiger partial charge in [0.1, 0.15) is 23.4 Å². The maximum absolute atomic E-state index is 12.4. The Labute approximate surface area is 271 Å². The van der Waals surface area contributed by atoms with Gasteiger partial charge in [0, 0.05) is 24.1 Å². The van der Waals surface area contributed by atoms with Crippen LogP contribution in [0.25, 0.3) is 0 Å². The second-order valence-electron chi connectivity index (χ2n) is 12.0. The first-order valence-corrected chi connectivity index (χ1v) is 17.2. The van der Waals surface area contributed by atoms with E-state index >= 15 is 0 Å². The van der Waals surface area contributed by atoms with Crippen LogP contribution in [0.4, 0.5) is 0 Å². The smallest absolute Gasteiger partial charge is 0.310 e. The van der Waals surface area contributed by atoms with Crippen LogP contribution in [0.3, 0.4) is 0 Å². The number of hydrogen-bond donors (Lipinski definition) is 0. The highest BCUT2D eigenvalue weighted by Crippen LogP contribution is 2.45. The summed E-state index contributed by atoms with van der Waals surface area (Å²) in [5.74, 6) is 2.98.